The van der Waals surface area contributed by atoms with Crippen molar-refractivity contribution in [2.75, 3.05) is 6.54 Å². The maximum absolute atomic E-state index is 5.88. The van der Waals surface area contributed by atoms with Crippen molar-refractivity contribution in [2.45, 2.75) is 17.2 Å². The largest absolute Gasteiger partial charge is 0.465 e. The number of rotatable bonds is 4. The van der Waals surface area contributed by atoms with Crippen molar-refractivity contribution in [3.8, 4) is 0 Å². The molecule has 1 unspecified atom stereocenters. The van der Waals surface area contributed by atoms with E-state index in [2.05, 4.69) is 9.97 Å². The number of aryl methyl sites for hydroxylation is 1. The van der Waals surface area contributed by atoms with Crippen molar-refractivity contribution < 1.29 is 4.42 Å². The van der Waals surface area contributed by atoms with Gasteiger partial charge in [-0.25, -0.2) is 9.97 Å². The van der Waals surface area contributed by atoms with Crippen LogP contribution in [0.3, 0.4) is 0 Å². The minimum Gasteiger partial charge on any atom is -0.465 e. The average Bonchev–Trinajstić information content (AvgIpc) is 2.91. The van der Waals surface area contributed by atoms with Crippen molar-refractivity contribution in [1.82, 2.24) is 9.97 Å². The Hall–Kier alpha value is -1.85. The van der Waals surface area contributed by atoms with Gasteiger partial charge in [0.2, 0.25) is 0 Å². The molecular formula is C15H15N3OS. The molecule has 3 rings (SSSR count). The second-order valence-corrected chi connectivity index (χ2v) is 5.68. The van der Waals surface area contributed by atoms with E-state index in [-0.39, 0.29) is 5.25 Å². The van der Waals surface area contributed by atoms with Crippen LogP contribution in [0.1, 0.15) is 16.8 Å². The van der Waals surface area contributed by atoms with E-state index in [1.165, 1.54) is 0 Å². The van der Waals surface area contributed by atoms with Gasteiger partial charge in [0.25, 0.3) is 0 Å². The zero-order valence-corrected chi connectivity index (χ0v) is 11.9. The summed E-state index contributed by atoms with van der Waals surface area (Å²) in [7, 11) is 0. The standard InChI is InChI=1S/C15H15N3OS/c1-10-6-7-13(19-10)14(8-16)20-15-11-4-2-3-5-12(11)17-9-18-15/h2-7,9,14H,8,16H2,1H3. The average molecular weight is 285 g/mol. The summed E-state index contributed by atoms with van der Waals surface area (Å²) in [6, 6.07) is 11.9. The lowest BCUT2D eigenvalue weighted by Crippen LogP contribution is -2.09. The zero-order chi connectivity index (χ0) is 13.9. The van der Waals surface area contributed by atoms with Gasteiger partial charge in [0, 0.05) is 11.9 Å². The molecule has 0 aliphatic heterocycles. The third kappa shape index (κ3) is 2.55. The lowest BCUT2D eigenvalue weighted by molar-refractivity contribution is 0.481. The molecule has 5 heteroatoms. The molecule has 0 bridgehead atoms. The van der Waals surface area contributed by atoms with E-state index in [1.54, 1.807) is 18.1 Å². The topological polar surface area (TPSA) is 64.9 Å². The van der Waals surface area contributed by atoms with Crippen LogP contribution >= 0.6 is 11.8 Å². The van der Waals surface area contributed by atoms with E-state index in [4.69, 9.17) is 10.2 Å². The number of nitrogens with two attached hydrogens (primary N) is 1. The molecule has 2 aromatic heterocycles. The monoisotopic (exact) mass is 285 g/mol. The quantitative estimate of drug-likeness (QED) is 0.588. The van der Waals surface area contributed by atoms with Crippen molar-refractivity contribution in [3.05, 3.63) is 54.2 Å². The molecule has 20 heavy (non-hydrogen) atoms. The van der Waals surface area contributed by atoms with Crippen LogP contribution in [0, 0.1) is 6.92 Å². The third-order valence-electron chi connectivity index (χ3n) is 3.05. The molecule has 4 nitrogen and oxygen atoms in total. The zero-order valence-electron chi connectivity index (χ0n) is 11.1. The van der Waals surface area contributed by atoms with Crippen LogP contribution in [-0.2, 0) is 0 Å². The van der Waals surface area contributed by atoms with Crippen LogP contribution in [0.5, 0.6) is 0 Å². The number of nitrogens with zero attached hydrogens (tertiary/aromatic N) is 2. The first-order valence-electron chi connectivity index (χ1n) is 6.40. The SMILES string of the molecule is Cc1ccc(C(CN)Sc2ncnc3ccccc23)o1. The molecule has 102 valence electrons. The van der Waals surface area contributed by atoms with Crippen molar-refractivity contribution >= 4 is 22.7 Å². The predicted molar refractivity (Wildman–Crippen MR) is 80.6 cm³/mol. The lowest BCUT2D eigenvalue weighted by Gasteiger charge is -2.12. The Morgan fingerprint density at radius 2 is 2.05 bits per heavy atom. The molecule has 0 aliphatic rings. The van der Waals surface area contributed by atoms with Gasteiger partial charge in [-0.1, -0.05) is 30.0 Å². The van der Waals surface area contributed by atoms with Crippen molar-refractivity contribution in [2.24, 2.45) is 5.73 Å². The first kappa shape index (κ1) is 13.1. The van der Waals surface area contributed by atoms with E-state index < -0.39 is 0 Å². The molecule has 2 heterocycles. The summed E-state index contributed by atoms with van der Waals surface area (Å²) in [5.74, 6) is 1.78. The van der Waals surface area contributed by atoms with E-state index in [9.17, 15) is 0 Å². The number of furan rings is 1. The third-order valence-corrected chi connectivity index (χ3v) is 4.31. The maximum Gasteiger partial charge on any atom is 0.118 e. The Bertz CT molecular complexity index is 720. The Labute approximate surface area is 121 Å². The highest BCUT2D eigenvalue weighted by Gasteiger charge is 2.17. The van der Waals surface area contributed by atoms with Gasteiger partial charge < -0.3 is 10.2 Å². The minimum absolute atomic E-state index is 0.0574. The van der Waals surface area contributed by atoms with Gasteiger partial charge in [0.05, 0.1) is 10.8 Å². The van der Waals surface area contributed by atoms with Crippen molar-refractivity contribution in [3.63, 3.8) is 0 Å². The van der Waals surface area contributed by atoms with Gasteiger partial charge in [0.1, 0.15) is 22.9 Å². The summed E-state index contributed by atoms with van der Waals surface area (Å²) in [4.78, 5) is 8.65. The van der Waals surface area contributed by atoms with Gasteiger partial charge >= 0.3 is 0 Å². The molecule has 3 aromatic rings. The fraction of sp³-hybridized carbons (Fsp3) is 0.200. The van der Waals surface area contributed by atoms with Crippen LogP contribution in [-0.4, -0.2) is 16.5 Å². The molecule has 0 radical (unpaired) electrons. The fourth-order valence-corrected chi connectivity index (χ4v) is 3.07. The number of thioether (sulfide) groups is 1. The van der Waals surface area contributed by atoms with Gasteiger partial charge in [0.15, 0.2) is 0 Å². The molecule has 0 amide bonds. The van der Waals surface area contributed by atoms with Crippen LogP contribution in [0.2, 0.25) is 0 Å². The summed E-state index contributed by atoms with van der Waals surface area (Å²) >= 11 is 1.61. The highest BCUT2D eigenvalue weighted by Crippen LogP contribution is 2.36. The molecule has 0 fully saturated rings. The number of fused-ring (bicyclic) bond motifs is 1. The van der Waals surface area contributed by atoms with Crippen LogP contribution < -0.4 is 5.73 Å². The first-order chi connectivity index (χ1) is 9.78. The van der Waals surface area contributed by atoms with Gasteiger partial charge in [-0.15, -0.1) is 0 Å². The Morgan fingerprint density at radius 1 is 1.20 bits per heavy atom. The number of aromatic nitrogens is 2. The molecule has 0 aliphatic carbocycles. The van der Waals surface area contributed by atoms with Crippen LogP contribution in [0.25, 0.3) is 10.9 Å². The summed E-state index contributed by atoms with van der Waals surface area (Å²) in [6.07, 6.45) is 1.59. The Morgan fingerprint density at radius 3 is 2.80 bits per heavy atom. The first-order valence-corrected chi connectivity index (χ1v) is 7.28. The summed E-state index contributed by atoms with van der Waals surface area (Å²) < 4.78 is 5.68. The fourth-order valence-electron chi connectivity index (χ4n) is 2.06. The summed E-state index contributed by atoms with van der Waals surface area (Å²) in [5, 5.41) is 2.03. The van der Waals surface area contributed by atoms with E-state index in [1.807, 2.05) is 43.3 Å². The van der Waals surface area contributed by atoms with Gasteiger partial charge in [-0.05, 0) is 25.1 Å². The normalized spacial score (nSPS) is 12.7. The highest BCUT2D eigenvalue weighted by atomic mass is 32.2. The number of para-hydroxylation sites is 1. The van der Waals surface area contributed by atoms with E-state index >= 15 is 0 Å². The van der Waals surface area contributed by atoms with Crippen molar-refractivity contribution in [1.29, 1.82) is 0 Å². The molecule has 1 atom stereocenters. The molecule has 2 N–H and O–H groups in total. The second-order valence-electron chi connectivity index (χ2n) is 4.49. The molecule has 0 saturated carbocycles. The maximum atomic E-state index is 5.88. The summed E-state index contributed by atoms with van der Waals surface area (Å²) in [6.45, 7) is 2.43. The van der Waals surface area contributed by atoms with Gasteiger partial charge in [-0.3, -0.25) is 0 Å². The van der Waals surface area contributed by atoms with Crippen LogP contribution in [0.15, 0.2) is 52.2 Å². The minimum atomic E-state index is 0.0574. The lowest BCUT2D eigenvalue weighted by atomic mass is 10.2. The molecular weight excluding hydrogens is 270 g/mol. The Balaban J connectivity index is 1.95. The van der Waals surface area contributed by atoms with Gasteiger partial charge in [-0.2, -0.15) is 0 Å². The summed E-state index contributed by atoms with van der Waals surface area (Å²) in [5.41, 5.74) is 6.82. The highest BCUT2D eigenvalue weighted by molar-refractivity contribution is 7.99. The number of hydrogen-bond donors (Lipinski definition) is 1. The smallest absolute Gasteiger partial charge is 0.118 e. The second kappa shape index (κ2) is 5.64. The number of hydrogen-bond acceptors (Lipinski definition) is 5. The molecule has 0 saturated heterocycles. The van der Waals surface area contributed by atoms with Crippen LogP contribution in [0.4, 0.5) is 0 Å². The Kier molecular flexibility index (Phi) is 3.71. The van der Waals surface area contributed by atoms with E-state index in [0.717, 1.165) is 27.4 Å². The molecule has 0 spiro atoms. The molecule has 1 aromatic carbocycles. The predicted octanol–water partition coefficient (Wildman–Crippen LogP) is 3.32. The number of benzene rings is 1. The van der Waals surface area contributed by atoms with E-state index in [0.29, 0.717) is 6.54 Å².